The van der Waals surface area contributed by atoms with Crippen LogP contribution >= 0.6 is 0 Å². The van der Waals surface area contributed by atoms with E-state index in [1.807, 2.05) is 13.8 Å². The van der Waals surface area contributed by atoms with Gasteiger partial charge in [-0.15, -0.1) is 0 Å². The lowest BCUT2D eigenvalue weighted by Crippen LogP contribution is -2.35. The van der Waals surface area contributed by atoms with E-state index in [0.717, 1.165) is 12.8 Å². The fourth-order valence-electron chi connectivity index (χ4n) is 1.55. The zero-order valence-corrected chi connectivity index (χ0v) is 11.7. The predicted molar refractivity (Wildman–Crippen MR) is 71.9 cm³/mol. The fourth-order valence-corrected chi connectivity index (χ4v) is 1.55. The van der Waals surface area contributed by atoms with E-state index in [9.17, 15) is 4.79 Å². The molecule has 0 aromatic rings. The minimum Gasteiger partial charge on any atom is -0.396 e. The molecule has 17 heavy (non-hydrogen) atoms. The first-order chi connectivity index (χ1) is 8.02. The van der Waals surface area contributed by atoms with Crippen molar-refractivity contribution in [3.63, 3.8) is 0 Å². The SMILES string of the molecule is CCCCCCCCC(=O)NCC(C)(C)CO. The number of aliphatic hydroxyl groups excluding tert-OH is 1. The molecule has 0 heterocycles. The third kappa shape index (κ3) is 10.3. The van der Waals surface area contributed by atoms with Gasteiger partial charge in [-0.05, 0) is 6.42 Å². The molecule has 0 unspecified atom stereocenters. The van der Waals surface area contributed by atoms with Gasteiger partial charge in [0.25, 0.3) is 0 Å². The number of carbonyl (C=O) groups is 1. The average Bonchev–Trinajstić information content (AvgIpc) is 2.31. The Morgan fingerprint density at radius 1 is 1.12 bits per heavy atom. The highest BCUT2D eigenvalue weighted by molar-refractivity contribution is 5.75. The second-order valence-electron chi connectivity index (χ2n) is 5.62. The molecule has 0 spiro atoms. The van der Waals surface area contributed by atoms with E-state index in [1.54, 1.807) is 0 Å². The van der Waals surface area contributed by atoms with Crippen molar-refractivity contribution in [3.8, 4) is 0 Å². The zero-order valence-electron chi connectivity index (χ0n) is 11.7. The molecule has 2 N–H and O–H groups in total. The highest BCUT2D eigenvalue weighted by Gasteiger charge is 2.16. The number of rotatable bonds is 10. The molecule has 0 fully saturated rings. The first-order valence-corrected chi connectivity index (χ1v) is 6.89. The Bertz CT molecular complexity index is 202. The maximum atomic E-state index is 11.5. The summed E-state index contributed by atoms with van der Waals surface area (Å²) in [6, 6.07) is 0. The number of amides is 1. The molecule has 0 aliphatic heterocycles. The molecule has 0 radical (unpaired) electrons. The molecule has 0 bridgehead atoms. The van der Waals surface area contributed by atoms with E-state index in [0.29, 0.717) is 13.0 Å². The Hall–Kier alpha value is -0.570. The fraction of sp³-hybridized carbons (Fsp3) is 0.929. The molecule has 102 valence electrons. The second-order valence-corrected chi connectivity index (χ2v) is 5.62. The van der Waals surface area contributed by atoms with Crippen molar-refractivity contribution in [1.82, 2.24) is 5.32 Å². The molecule has 0 aromatic carbocycles. The molecule has 0 rings (SSSR count). The van der Waals surface area contributed by atoms with Crippen LogP contribution in [0.4, 0.5) is 0 Å². The molecule has 0 aliphatic carbocycles. The summed E-state index contributed by atoms with van der Waals surface area (Å²) in [5.74, 6) is 0.113. The Balaban J connectivity index is 3.41. The van der Waals surface area contributed by atoms with Crippen molar-refractivity contribution >= 4 is 5.91 Å². The molecule has 0 saturated carbocycles. The van der Waals surface area contributed by atoms with Crippen LogP contribution in [0.1, 0.15) is 65.7 Å². The quantitative estimate of drug-likeness (QED) is 0.580. The van der Waals surface area contributed by atoms with Crippen LogP contribution in [-0.4, -0.2) is 24.2 Å². The highest BCUT2D eigenvalue weighted by Crippen LogP contribution is 2.11. The summed E-state index contributed by atoms with van der Waals surface area (Å²) < 4.78 is 0. The van der Waals surface area contributed by atoms with Gasteiger partial charge in [0, 0.05) is 25.0 Å². The number of hydrogen-bond acceptors (Lipinski definition) is 2. The number of aliphatic hydroxyl groups is 1. The van der Waals surface area contributed by atoms with Crippen molar-refractivity contribution in [2.75, 3.05) is 13.2 Å². The smallest absolute Gasteiger partial charge is 0.220 e. The van der Waals surface area contributed by atoms with Crippen LogP contribution in [0.3, 0.4) is 0 Å². The summed E-state index contributed by atoms with van der Waals surface area (Å²) in [4.78, 5) is 11.5. The minimum absolute atomic E-state index is 0.101. The maximum Gasteiger partial charge on any atom is 0.220 e. The molecule has 0 saturated heterocycles. The monoisotopic (exact) mass is 243 g/mol. The van der Waals surface area contributed by atoms with Gasteiger partial charge in [0.2, 0.25) is 5.91 Å². The largest absolute Gasteiger partial charge is 0.396 e. The molecule has 1 amide bonds. The molecule has 0 aromatic heterocycles. The van der Waals surface area contributed by atoms with Crippen molar-refractivity contribution in [2.24, 2.45) is 5.41 Å². The number of nitrogens with one attached hydrogen (secondary N) is 1. The summed E-state index contributed by atoms with van der Waals surface area (Å²) in [7, 11) is 0. The second kappa shape index (κ2) is 9.46. The zero-order chi connectivity index (χ0) is 13.1. The van der Waals surface area contributed by atoms with Crippen molar-refractivity contribution < 1.29 is 9.90 Å². The third-order valence-corrected chi connectivity index (χ3v) is 2.95. The number of unbranched alkanes of at least 4 members (excludes halogenated alkanes) is 5. The summed E-state index contributed by atoms with van der Waals surface area (Å²) in [5.41, 5.74) is -0.212. The predicted octanol–water partition coefficient (Wildman–Crippen LogP) is 2.87. The van der Waals surface area contributed by atoms with E-state index < -0.39 is 0 Å². The molecular weight excluding hydrogens is 214 g/mol. The maximum absolute atomic E-state index is 11.5. The molecular formula is C14H29NO2. The van der Waals surface area contributed by atoms with Gasteiger partial charge in [-0.25, -0.2) is 0 Å². The van der Waals surface area contributed by atoms with Crippen molar-refractivity contribution in [3.05, 3.63) is 0 Å². The summed E-state index contributed by atoms with van der Waals surface area (Å²) in [6.07, 6.45) is 7.84. The van der Waals surface area contributed by atoms with E-state index in [-0.39, 0.29) is 17.9 Å². The lowest BCUT2D eigenvalue weighted by Gasteiger charge is -2.21. The van der Waals surface area contributed by atoms with Crippen LogP contribution in [-0.2, 0) is 4.79 Å². The van der Waals surface area contributed by atoms with Gasteiger partial charge in [0.05, 0.1) is 0 Å². The normalized spacial score (nSPS) is 11.5. The van der Waals surface area contributed by atoms with Crippen molar-refractivity contribution in [2.45, 2.75) is 65.7 Å². The summed E-state index contributed by atoms with van der Waals surface area (Å²) in [5, 5.41) is 11.9. The Morgan fingerprint density at radius 2 is 1.71 bits per heavy atom. The van der Waals surface area contributed by atoms with Gasteiger partial charge < -0.3 is 10.4 Å². The number of hydrogen-bond donors (Lipinski definition) is 2. The van der Waals surface area contributed by atoms with Crippen LogP contribution in [0, 0.1) is 5.41 Å². The topological polar surface area (TPSA) is 49.3 Å². The van der Waals surface area contributed by atoms with Gasteiger partial charge in [0.1, 0.15) is 0 Å². The lowest BCUT2D eigenvalue weighted by atomic mass is 9.95. The van der Waals surface area contributed by atoms with Gasteiger partial charge in [0.15, 0.2) is 0 Å². The molecule has 0 aliphatic rings. The average molecular weight is 243 g/mol. The van der Waals surface area contributed by atoms with Crippen LogP contribution < -0.4 is 5.32 Å². The van der Waals surface area contributed by atoms with Crippen molar-refractivity contribution in [1.29, 1.82) is 0 Å². The number of carbonyl (C=O) groups excluding carboxylic acids is 1. The Labute approximate surface area is 106 Å². The van der Waals surface area contributed by atoms with E-state index in [4.69, 9.17) is 5.11 Å². The van der Waals surface area contributed by atoms with Crippen LogP contribution in [0.25, 0.3) is 0 Å². The van der Waals surface area contributed by atoms with E-state index >= 15 is 0 Å². The van der Waals surface area contributed by atoms with E-state index in [2.05, 4.69) is 12.2 Å². The summed E-state index contributed by atoms with van der Waals surface area (Å²) in [6.45, 7) is 6.74. The Morgan fingerprint density at radius 3 is 2.29 bits per heavy atom. The molecule has 3 nitrogen and oxygen atoms in total. The molecule has 0 atom stereocenters. The molecule has 3 heteroatoms. The highest BCUT2D eigenvalue weighted by atomic mass is 16.3. The van der Waals surface area contributed by atoms with Gasteiger partial charge in [-0.1, -0.05) is 52.9 Å². The van der Waals surface area contributed by atoms with Gasteiger partial charge >= 0.3 is 0 Å². The first kappa shape index (κ1) is 16.4. The van der Waals surface area contributed by atoms with Crippen LogP contribution in [0.5, 0.6) is 0 Å². The Kier molecular flexibility index (Phi) is 9.14. The van der Waals surface area contributed by atoms with Gasteiger partial charge in [-0.2, -0.15) is 0 Å². The standard InChI is InChI=1S/C14H29NO2/c1-4-5-6-7-8-9-10-13(17)15-11-14(2,3)12-16/h16H,4-12H2,1-3H3,(H,15,17). The third-order valence-electron chi connectivity index (χ3n) is 2.95. The minimum atomic E-state index is -0.212. The van der Waals surface area contributed by atoms with Gasteiger partial charge in [-0.3, -0.25) is 4.79 Å². The summed E-state index contributed by atoms with van der Waals surface area (Å²) >= 11 is 0. The first-order valence-electron chi connectivity index (χ1n) is 6.89. The lowest BCUT2D eigenvalue weighted by molar-refractivity contribution is -0.121. The van der Waals surface area contributed by atoms with E-state index in [1.165, 1.54) is 25.7 Å². The van der Waals surface area contributed by atoms with Crippen LogP contribution in [0.2, 0.25) is 0 Å². The van der Waals surface area contributed by atoms with Crippen LogP contribution in [0.15, 0.2) is 0 Å².